The van der Waals surface area contributed by atoms with E-state index in [-0.39, 0.29) is 5.82 Å². The molecule has 0 N–H and O–H groups in total. The monoisotopic (exact) mass is 728 g/mol. The number of hydrogen-bond acceptors (Lipinski definition) is 5. The summed E-state index contributed by atoms with van der Waals surface area (Å²) in [5.41, 5.74) is 6.99. The first-order valence-electron chi connectivity index (χ1n) is 17.8. The second-order valence-corrected chi connectivity index (χ2v) is 15.8. The van der Waals surface area contributed by atoms with Gasteiger partial charge in [-0.2, -0.15) is 0 Å². The highest BCUT2D eigenvalue weighted by Gasteiger charge is 2.25. The van der Waals surface area contributed by atoms with Crippen molar-refractivity contribution in [1.82, 2.24) is 19.5 Å². The summed E-state index contributed by atoms with van der Waals surface area (Å²) in [5.74, 6) is 0.289. The smallest absolute Gasteiger partial charge is 0.235 e. The maximum atomic E-state index is 15.4. The van der Waals surface area contributed by atoms with Crippen molar-refractivity contribution in [3.8, 4) is 28.3 Å². The largest absolute Gasteiger partial charge is 0.277 e. The molecule has 7 aromatic carbocycles. The number of hydrogen-bond donors (Lipinski definition) is 0. The van der Waals surface area contributed by atoms with E-state index < -0.39 is 0 Å². The molecule has 0 atom stereocenters. The number of benzene rings is 7. The van der Waals surface area contributed by atoms with Crippen molar-refractivity contribution < 1.29 is 4.39 Å². The van der Waals surface area contributed by atoms with Gasteiger partial charge in [-0.1, -0.05) is 97.1 Å². The molecule has 54 heavy (non-hydrogen) atoms. The summed E-state index contributed by atoms with van der Waals surface area (Å²) in [5, 5.41) is 9.80. The summed E-state index contributed by atoms with van der Waals surface area (Å²) in [6.45, 7) is 0. The first-order chi connectivity index (χ1) is 26.7. The lowest BCUT2D eigenvalue weighted by atomic mass is 9.96. The Morgan fingerprint density at radius 3 is 2.24 bits per heavy atom. The standard InChI is InChI=1S/C47H25FN4S2/c48-29-18-19-37-35(24-29)41-44(52(37)47-50-42(26-9-2-1-3-10-26)46-43(51-47)34-14-6-7-16-38(34)54-46)33-13-5-4-12-32(33)40-36-23-27(17-20-39(36)53-45(40)41)30-15-8-11-28-25-49-22-21-31(28)30/h1-25H. The Balaban J connectivity index is 1.23. The van der Waals surface area contributed by atoms with Gasteiger partial charge in [0.15, 0.2) is 0 Å². The van der Waals surface area contributed by atoms with Crippen molar-refractivity contribution in [2.45, 2.75) is 0 Å². The lowest BCUT2D eigenvalue weighted by Crippen LogP contribution is -2.03. The molecule has 4 nitrogen and oxygen atoms in total. The average Bonchev–Trinajstić information content (AvgIpc) is 3.90. The van der Waals surface area contributed by atoms with Gasteiger partial charge in [-0.05, 0) is 64.4 Å². The number of rotatable bonds is 3. The van der Waals surface area contributed by atoms with Gasteiger partial charge in [0.05, 0.1) is 26.9 Å². The molecular weight excluding hydrogens is 704 g/mol. The summed E-state index contributed by atoms with van der Waals surface area (Å²) in [6, 6.07) is 47.7. The fourth-order valence-corrected chi connectivity index (χ4v) is 10.8. The molecular formula is C47H25FN4S2. The summed E-state index contributed by atoms with van der Waals surface area (Å²) < 4.78 is 22.1. The third-order valence-electron chi connectivity index (χ3n) is 10.7. The topological polar surface area (TPSA) is 43.6 Å². The Kier molecular flexibility index (Phi) is 6.23. The third-order valence-corrected chi connectivity index (χ3v) is 13.1. The van der Waals surface area contributed by atoms with Gasteiger partial charge < -0.3 is 0 Å². The van der Waals surface area contributed by atoms with Crippen molar-refractivity contribution >= 4 is 106 Å². The molecule has 12 rings (SSSR count). The van der Waals surface area contributed by atoms with E-state index in [1.165, 1.54) is 26.4 Å². The van der Waals surface area contributed by atoms with Gasteiger partial charge in [-0.25, -0.2) is 14.4 Å². The molecule has 0 fully saturated rings. The van der Waals surface area contributed by atoms with Crippen molar-refractivity contribution in [1.29, 1.82) is 0 Å². The van der Waals surface area contributed by atoms with Gasteiger partial charge in [-0.3, -0.25) is 9.55 Å². The minimum atomic E-state index is -0.276. The Morgan fingerprint density at radius 2 is 1.33 bits per heavy atom. The molecule has 0 bridgehead atoms. The van der Waals surface area contributed by atoms with Crippen LogP contribution in [0.5, 0.6) is 0 Å². The molecule has 0 saturated heterocycles. The summed E-state index contributed by atoms with van der Waals surface area (Å²) >= 11 is 3.48. The van der Waals surface area contributed by atoms with Crippen LogP contribution in [0.15, 0.2) is 152 Å². The van der Waals surface area contributed by atoms with Gasteiger partial charge in [0.1, 0.15) is 5.82 Å². The summed E-state index contributed by atoms with van der Waals surface area (Å²) in [7, 11) is 0. The number of fused-ring (bicyclic) bond motifs is 14. The molecule has 0 amide bonds. The Labute approximate surface area is 315 Å². The summed E-state index contributed by atoms with van der Waals surface area (Å²) in [4.78, 5) is 15.1. The number of nitrogens with zero attached hydrogens (tertiary/aromatic N) is 4. The van der Waals surface area contributed by atoms with E-state index in [4.69, 9.17) is 9.97 Å². The SMILES string of the molecule is Fc1ccc2c(c1)c1c3sc4ccc(-c5cccc6cnccc56)cc4c3c3ccccc3c1n2-c1nc(-c2ccccc2)c2sc3ccccc3c2n1. The number of pyridine rings is 1. The summed E-state index contributed by atoms with van der Waals surface area (Å²) in [6.07, 6.45) is 3.77. The third kappa shape index (κ3) is 4.19. The maximum absolute atomic E-state index is 15.4. The average molecular weight is 729 g/mol. The maximum Gasteiger partial charge on any atom is 0.235 e. The highest BCUT2D eigenvalue weighted by Crippen LogP contribution is 2.49. The van der Waals surface area contributed by atoms with Crippen LogP contribution >= 0.6 is 22.7 Å². The zero-order valence-corrected chi connectivity index (χ0v) is 30.1. The molecule has 252 valence electrons. The van der Waals surface area contributed by atoms with Crippen molar-refractivity contribution in [3.63, 3.8) is 0 Å². The predicted molar refractivity (Wildman–Crippen MR) is 226 cm³/mol. The molecule has 0 aliphatic heterocycles. The lowest BCUT2D eigenvalue weighted by Gasteiger charge is -2.12. The van der Waals surface area contributed by atoms with Crippen molar-refractivity contribution in [2.75, 3.05) is 0 Å². The van der Waals surface area contributed by atoms with Gasteiger partial charge in [0.25, 0.3) is 0 Å². The molecule has 0 spiro atoms. The molecule has 12 aromatic rings. The van der Waals surface area contributed by atoms with Gasteiger partial charge in [0.2, 0.25) is 5.95 Å². The van der Waals surface area contributed by atoms with Crippen LogP contribution in [-0.4, -0.2) is 19.5 Å². The van der Waals surface area contributed by atoms with E-state index >= 15 is 4.39 Å². The van der Waals surface area contributed by atoms with Crippen LogP contribution in [0.3, 0.4) is 0 Å². The fraction of sp³-hybridized carbons (Fsp3) is 0. The highest BCUT2D eigenvalue weighted by molar-refractivity contribution is 7.27. The van der Waals surface area contributed by atoms with Crippen LogP contribution in [0.25, 0.3) is 112 Å². The van der Waals surface area contributed by atoms with Crippen LogP contribution < -0.4 is 0 Å². The van der Waals surface area contributed by atoms with E-state index in [2.05, 4.69) is 113 Å². The Hall–Kier alpha value is -6.54. The number of aromatic nitrogens is 4. The van der Waals surface area contributed by atoms with Crippen LogP contribution in [0.4, 0.5) is 4.39 Å². The van der Waals surface area contributed by atoms with Crippen LogP contribution in [-0.2, 0) is 0 Å². The molecule has 0 radical (unpaired) electrons. The minimum Gasteiger partial charge on any atom is -0.277 e. The Morgan fingerprint density at radius 1 is 0.537 bits per heavy atom. The van der Waals surface area contributed by atoms with E-state index in [1.807, 2.05) is 36.7 Å². The first kappa shape index (κ1) is 30.0. The van der Waals surface area contributed by atoms with Crippen LogP contribution in [0, 0.1) is 5.82 Å². The normalized spacial score (nSPS) is 12.2. The molecule has 0 saturated carbocycles. The van der Waals surface area contributed by atoms with E-state index in [0.29, 0.717) is 5.95 Å². The zero-order chi connectivity index (χ0) is 35.5. The van der Waals surface area contributed by atoms with Crippen LogP contribution in [0.2, 0.25) is 0 Å². The molecule has 0 aliphatic rings. The molecule has 0 aliphatic carbocycles. The molecule has 5 aromatic heterocycles. The van der Waals surface area contributed by atoms with Gasteiger partial charge in [0, 0.05) is 69.8 Å². The molecule has 0 unspecified atom stereocenters. The molecule has 7 heteroatoms. The quantitative estimate of drug-likeness (QED) is 0.182. The highest BCUT2D eigenvalue weighted by atomic mass is 32.1. The zero-order valence-electron chi connectivity index (χ0n) is 28.4. The van der Waals surface area contributed by atoms with Gasteiger partial charge >= 0.3 is 0 Å². The van der Waals surface area contributed by atoms with E-state index in [0.717, 1.165) is 79.8 Å². The Bertz CT molecular complexity index is 3520. The van der Waals surface area contributed by atoms with Crippen molar-refractivity contribution in [2.24, 2.45) is 0 Å². The fourth-order valence-electron chi connectivity index (χ4n) is 8.42. The van der Waals surface area contributed by atoms with E-state index in [9.17, 15) is 0 Å². The second-order valence-electron chi connectivity index (χ2n) is 13.7. The predicted octanol–water partition coefficient (Wildman–Crippen LogP) is 13.5. The van der Waals surface area contributed by atoms with E-state index in [1.54, 1.807) is 34.8 Å². The van der Waals surface area contributed by atoms with Crippen LogP contribution in [0.1, 0.15) is 0 Å². The number of halogens is 1. The second kappa shape index (κ2) is 11.2. The molecule has 5 heterocycles. The first-order valence-corrected chi connectivity index (χ1v) is 19.4. The van der Waals surface area contributed by atoms with Crippen molar-refractivity contribution in [3.05, 3.63) is 158 Å². The van der Waals surface area contributed by atoms with Gasteiger partial charge in [-0.15, -0.1) is 22.7 Å². The minimum absolute atomic E-state index is 0.276. The number of thiophene rings is 2. The lowest BCUT2D eigenvalue weighted by molar-refractivity contribution is 0.629.